The zero-order valence-corrected chi connectivity index (χ0v) is 15.1. The lowest BCUT2D eigenvalue weighted by atomic mass is 10.2. The maximum atomic E-state index is 12.2. The number of aryl methyl sites for hydroxylation is 2. The minimum atomic E-state index is -0.462. The average Bonchev–Trinajstić information content (AvgIpc) is 2.91. The summed E-state index contributed by atoms with van der Waals surface area (Å²) in [5, 5.41) is 0. The number of para-hydroxylation sites is 1. The minimum absolute atomic E-state index is 0.265. The molecule has 1 heterocycles. The van der Waals surface area contributed by atoms with Gasteiger partial charge in [0.25, 0.3) is 5.91 Å². The van der Waals surface area contributed by atoms with Gasteiger partial charge in [-0.05, 0) is 26.0 Å². The number of rotatable bonds is 6. The van der Waals surface area contributed by atoms with Gasteiger partial charge < -0.3 is 14.4 Å². The van der Waals surface area contributed by atoms with Crippen molar-refractivity contribution in [3.63, 3.8) is 0 Å². The summed E-state index contributed by atoms with van der Waals surface area (Å²) < 4.78 is 10.4. The van der Waals surface area contributed by atoms with Crippen LogP contribution in [0.15, 0.2) is 30.3 Å². The molecular formula is C18H21NO4S. The maximum absolute atomic E-state index is 12.2. The Kier molecular flexibility index (Phi) is 5.98. The Morgan fingerprint density at radius 2 is 1.92 bits per heavy atom. The molecule has 2 rings (SSSR count). The predicted molar refractivity (Wildman–Crippen MR) is 93.5 cm³/mol. The number of esters is 1. The van der Waals surface area contributed by atoms with E-state index in [-0.39, 0.29) is 12.5 Å². The number of likely N-dealkylation sites (N-methyl/N-ethyl adjacent to an activating group) is 1. The fourth-order valence-electron chi connectivity index (χ4n) is 2.33. The maximum Gasteiger partial charge on any atom is 0.339 e. The molecule has 1 amide bonds. The summed E-state index contributed by atoms with van der Waals surface area (Å²) in [5.74, 6) is -0.00623. The first kappa shape index (κ1) is 18.0. The smallest absolute Gasteiger partial charge is 0.339 e. The lowest BCUT2D eigenvalue weighted by Gasteiger charge is -2.18. The first-order valence-corrected chi connectivity index (χ1v) is 8.34. The van der Waals surface area contributed by atoms with E-state index in [2.05, 4.69) is 0 Å². The monoisotopic (exact) mass is 347 g/mol. The number of benzene rings is 1. The molecule has 2 aromatic rings. The van der Waals surface area contributed by atoms with Crippen LogP contribution in [0, 0.1) is 13.8 Å². The molecule has 0 aliphatic heterocycles. The van der Waals surface area contributed by atoms with Gasteiger partial charge in [0.15, 0.2) is 6.61 Å². The van der Waals surface area contributed by atoms with Crippen molar-refractivity contribution in [3.8, 4) is 5.75 Å². The zero-order valence-electron chi connectivity index (χ0n) is 14.3. The van der Waals surface area contributed by atoms with Crippen LogP contribution in [0.1, 0.15) is 25.7 Å². The summed E-state index contributed by atoms with van der Waals surface area (Å²) in [4.78, 5) is 27.7. The van der Waals surface area contributed by atoms with Gasteiger partial charge in [-0.15, -0.1) is 11.3 Å². The van der Waals surface area contributed by atoms with E-state index in [0.29, 0.717) is 12.1 Å². The lowest BCUT2D eigenvalue weighted by Crippen LogP contribution is -2.31. The van der Waals surface area contributed by atoms with Crippen molar-refractivity contribution in [2.45, 2.75) is 20.4 Å². The van der Waals surface area contributed by atoms with Crippen LogP contribution in [0.25, 0.3) is 0 Å². The van der Waals surface area contributed by atoms with Crippen molar-refractivity contribution in [3.05, 3.63) is 51.2 Å². The number of thiophene rings is 1. The fourth-order valence-corrected chi connectivity index (χ4v) is 3.24. The number of ether oxygens (including phenoxy) is 2. The molecule has 0 aliphatic rings. The first-order chi connectivity index (χ1) is 11.4. The van der Waals surface area contributed by atoms with Crippen molar-refractivity contribution >= 4 is 23.2 Å². The Balaban J connectivity index is 1.92. The highest BCUT2D eigenvalue weighted by Crippen LogP contribution is 2.21. The highest BCUT2D eigenvalue weighted by molar-refractivity contribution is 7.12. The second-order valence-electron chi connectivity index (χ2n) is 5.46. The first-order valence-electron chi connectivity index (χ1n) is 7.52. The van der Waals surface area contributed by atoms with Crippen LogP contribution in [-0.2, 0) is 16.1 Å². The third-order valence-corrected chi connectivity index (χ3v) is 4.58. The van der Waals surface area contributed by atoms with E-state index < -0.39 is 5.97 Å². The molecule has 1 aromatic carbocycles. The SMILES string of the molecule is COc1ccccc1CN(C)C(=O)COC(=O)c1cc(C)sc1C. The van der Waals surface area contributed by atoms with Crippen molar-refractivity contribution in [2.75, 3.05) is 20.8 Å². The van der Waals surface area contributed by atoms with Crippen LogP contribution < -0.4 is 4.74 Å². The van der Waals surface area contributed by atoms with Crippen LogP contribution in [0.4, 0.5) is 0 Å². The molecule has 0 N–H and O–H groups in total. The van der Waals surface area contributed by atoms with Gasteiger partial charge in [-0.25, -0.2) is 4.79 Å². The molecule has 1 aromatic heterocycles. The van der Waals surface area contributed by atoms with Gasteiger partial charge >= 0.3 is 5.97 Å². The standard InChI is InChI=1S/C18H21NO4S/c1-12-9-15(13(2)24-12)18(21)23-11-17(20)19(3)10-14-7-5-6-8-16(14)22-4/h5-9H,10-11H2,1-4H3. The summed E-state index contributed by atoms with van der Waals surface area (Å²) in [7, 11) is 3.26. The fraction of sp³-hybridized carbons (Fsp3) is 0.333. The Labute approximate surface area is 145 Å². The Bertz CT molecular complexity index is 738. The van der Waals surface area contributed by atoms with Gasteiger partial charge in [0.1, 0.15) is 5.75 Å². The number of hydrogen-bond acceptors (Lipinski definition) is 5. The van der Waals surface area contributed by atoms with Gasteiger partial charge in [0, 0.05) is 28.9 Å². The summed E-state index contributed by atoms with van der Waals surface area (Å²) in [6, 6.07) is 9.28. The molecule has 0 bridgehead atoms. The van der Waals surface area contributed by atoms with E-state index >= 15 is 0 Å². The van der Waals surface area contributed by atoms with Crippen LogP contribution in [-0.4, -0.2) is 37.5 Å². The Morgan fingerprint density at radius 3 is 2.54 bits per heavy atom. The average molecular weight is 347 g/mol. The van der Waals surface area contributed by atoms with Crippen LogP contribution >= 0.6 is 11.3 Å². The number of methoxy groups -OCH3 is 1. The normalized spacial score (nSPS) is 10.3. The van der Waals surface area contributed by atoms with E-state index in [9.17, 15) is 9.59 Å². The molecule has 0 fully saturated rings. The van der Waals surface area contributed by atoms with Gasteiger partial charge in [-0.2, -0.15) is 0 Å². The minimum Gasteiger partial charge on any atom is -0.496 e. The van der Waals surface area contributed by atoms with Gasteiger partial charge in [-0.1, -0.05) is 18.2 Å². The van der Waals surface area contributed by atoms with E-state index in [0.717, 1.165) is 21.1 Å². The second-order valence-corrected chi connectivity index (χ2v) is 6.93. The van der Waals surface area contributed by atoms with E-state index in [1.54, 1.807) is 20.2 Å². The van der Waals surface area contributed by atoms with Crippen molar-refractivity contribution in [1.82, 2.24) is 4.90 Å². The molecule has 0 atom stereocenters. The third-order valence-electron chi connectivity index (χ3n) is 3.61. The molecule has 5 nitrogen and oxygen atoms in total. The van der Waals surface area contributed by atoms with E-state index in [1.165, 1.54) is 16.2 Å². The van der Waals surface area contributed by atoms with Gasteiger partial charge in [0.05, 0.1) is 12.7 Å². The van der Waals surface area contributed by atoms with E-state index in [4.69, 9.17) is 9.47 Å². The number of amides is 1. The summed E-state index contributed by atoms with van der Waals surface area (Å²) in [6.45, 7) is 3.90. The molecule has 0 saturated heterocycles. The predicted octanol–water partition coefficient (Wildman–Crippen LogP) is 3.19. The van der Waals surface area contributed by atoms with Crippen molar-refractivity contribution in [1.29, 1.82) is 0 Å². The number of nitrogens with zero attached hydrogens (tertiary/aromatic N) is 1. The van der Waals surface area contributed by atoms with Crippen molar-refractivity contribution in [2.24, 2.45) is 0 Å². The van der Waals surface area contributed by atoms with Crippen molar-refractivity contribution < 1.29 is 19.1 Å². The molecule has 0 radical (unpaired) electrons. The zero-order chi connectivity index (χ0) is 17.7. The molecule has 128 valence electrons. The van der Waals surface area contributed by atoms with Crippen LogP contribution in [0.3, 0.4) is 0 Å². The third kappa shape index (κ3) is 4.35. The summed E-state index contributed by atoms with van der Waals surface area (Å²) in [6.07, 6.45) is 0. The Morgan fingerprint density at radius 1 is 1.21 bits per heavy atom. The van der Waals surface area contributed by atoms with E-state index in [1.807, 2.05) is 38.1 Å². The van der Waals surface area contributed by atoms with Gasteiger partial charge in [-0.3, -0.25) is 4.79 Å². The highest BCUT2D eigenvalue weighted by atomic mass is 32.1. The molecule has 0 unspecified atom stereocenters. The number of carbonyl (C=O) groups is 2. The molecular weight excluding hydrogens is 326 g/mol. The second kappa shape index (κ2) is 7.97. The molecule has 0 saturated carbocycles. The number of carbonyl (C=O) groups excluding carboxylic acids is 2. The number of hydrogen-bond donors (Lipinski definition) is 0. The molecule has 0 spiro atoms. The summed E-state index contributed by atoms with van der Waals surface area (Å²) >= 11 is 1.53. The lowest BCUT2D eigenvalue weighted by molar-refractivity contribution is -0.133. The largest absolute Gasteiger partial charge is 0.496 e. The topological polar surface area (TPSA) is 55.8 Å². The van der Waals surface area contributed by atoms with Gasteiger partial charge in [0.2, 0.25) is 0 Å². The summed E-state index contributed by atoms with van der Waals surface area (Å²) in [5.41, 5.74) is 1.42. The molecule has 0 aliphatic carbocycles. The Hall–Kier alpha value is -2.34. The van der Waals surface area contributed by atoms with Crippen LogP contribution in [0.2, 0.25) is 0 Å². The van der Waals surface area contributed by atoms with Crippen LogP contribution in [0.5, 0.6) is 5.75 Å². The molecule has 6 heteroatoms. The molecule has 24 heavy (non-hydrogen) atoms. The quantitative estimate of drug-likeness (QED) is 0.753. The highest BCUT2D eigenvalue weighted by Gasteiger charge is 2.17.